The zero-order valence-corrected chi connectivity index (χ0v) is 11.5. The number of benzene rings is 1. The van der Waals surface area contributed by atoms with E-state index in [-0.39, 0.29) is 11.4 Å². The minimum absolute atomic E-state index is 0.0902. The van der Waals surface area contributed by atoms with Gasteiger partial charge in [-0.2, -0.15) is 0 Å². The summed E-state index contributed by atoms with van der Waals surface area (Å²) in [5.41, 5.74) is 0.292. The first kappa shape index (κ1) is 14.7. The minimum atomic E-state index is -0.686. The molecule has 1 heterocycles. The highest BCUT2D eigenvalue weighted by atomic mass is 16.6. The molecule has 21 heavy (non-hydrogen) atoms. The third-order valence-electron chi connectivity index (χ3n) is 2.78. The Labute approximate surface area is 120 Å². The highest BCUT2D eigenvalue weighted by Crippen LogP contribution is 2.34. The topological polar surface area (TPSA) is 94.7 Å². The van der Waals surface area contributed by atoms with Crippen molar-refractivity contribution in [2.24, 2.45) is 0 Å². The quantitative estimate of drug-likeness (QED) is 0.672. The lowest BCUT2D eigenvalue weighted by molar-refractivity contribution is -0.385. The molecule has 1 aromatic heterocycles. The summed E-state index contributed by atoms with van der Waals surface area (Å²) in [5, 5.41) is 20.4. The van der Waals surface area contributed by atoms with E-state index in [9.17, 15) is 15.2 Å². The number of aromatic nitrogens is 1. The van der Waals surface area contributed by atoms with Gasteiger partial charge in [0.25, 0.3) is 0 Å². The first-order valence-corrected chi connectivity index (χ1v) is 6.15. The molecule has 110 valence electrons. The van der Waals surface area contributed by atoms with Crippen molar-refractivity contribution in [2.45, 2.75) is 13.0 Å². The van der Waals surface area contributed by atoms with E-state index in [0.29, 0.717) is 17.2 Å². The van der Waals surface area contributed by atoms with Gasteiger partial charge in [-0.3, -0.25) is 15.1 Å². The first-order chi connectivity index (χ1) is 10.0. The van der Waals surface area contributed by atoms with Crippen molar-refractivity contribution < 1.29 is 19.5 Å². The number of hydrogen-bond acceptors (Lipinski definition) is 6. The van der Waals surface area contributed by atoms with E-state index < -0.39 is 11.0 Å². The third-order valence-corrected chi connectivity index (χ3v) is 2.78. The van der Waals surface area contributed by atoms with Crippen molar-refractivity contribution in [1.82, 2.24) is 4.98 Å². The number of pyridine rings is 1. The Hall–Kier alpha value is -2.67. The monoisotopic (exact) mass is 290 g/mol. The van der Waals surface area contributed by atoms with Gasteiger partial charge in [-0.05, 0) is 31.2 Å². The molecule has 0 aliphatic carbocycles. The lowest BCUT2D eigenvalue weighted by Crippen LogP contribution is -1.97. The number of methoxy groups -OCH3 is 1. The van der Waals surface area contributed by atoms with Crippen LogP contribution in [-0.4, -0.2) is 22.1 Å². The lowest BCUT2D eigenvalue weighted by atomic mass is 10.2. The Morgan fingerprint density at radius 2 is 2.00 bits per heavy atom. The van der Waals surface area contributed by atoms with Crippen molar-refractivity contribution in [2.75, 3.05) is 7.11 Å². The van der Waals surface area contributed by atoms with Crippen molar-refractivity contribution in [1.29, 1.82) is 0 Å². The number of hydrogen-bond donors (Lipinski definition) is 1. The van der Waals surface area contributed by atoms with Crippen LogP contribution in [0.2, 0.25) is 0 Å². The predicted octanol–water partition coefficient (Wildman–Crippen LogP) is 2.84. The number of aliphatic hydroxyl groups excluding tert-OH is 1. The second-order valence-corrected chi connectivity index (χ2v) is 4.29. The Bertz CT molecular complexity index is 640. The smallest absolute Gasteiger partial charge is 0.315 e. The van der Waals surface area contributed by atoms with Crippen molar-refractivity contribution >= 4 is 5.69 Å². The van der Waals surface area contributed by atoms with Gasteiger partial charge in [0.15, 0.2) is 0 Å². The maximum absolute atomic E-state index is 11.0. The maximum atomic E-state index is 11.0. The average molecular weight is 290 g/mol. The van der Waals surface area contributed by atoms with E-state index in [1.54, 1.807) is 25.1 Å². The van der Waals surface area contributed by atoms with E-state index in [4.69, 9.17) is 9.47 Å². The molecule has 0 saturated carbocycles. The van der Waals surface area contributed by atoms with Gasteiger partial charge in [0.1, 0.15) is 11.5 Å². The number of ether oxygens (including phenoxy) is 2. The fourth-order valence-corrected chi connectivity index (χ4v) is 1.68. The Morgan fingerprint density at radius 3 is 2.52 bits per heavy atom. The molecule has 0 amide bonds. The van der Waals surface area contributed by atoms with Crippen LogP contribution in [0.3, 0.4) is 0 Å². The van der Waals surface area contributed by atoms with E-state index in [1.165, 1.54) is 25.4 Å². The van der Waals surface area contributed by atoms with Gasteiger partial charge in [-0.25, -0.2) is 0 Å². The van der Waals surface area contributed by atoms with Gasteiger partial charge >= 0.3 is 5.69 Å². The molecule has 0 aliphatic heterocycles. The molecule has 0 radical (unpaired) electrons. The van der Waals surface area contributed by atoms with Gasteiger partial charge in [0, 0.05) is 0 Å². The summed E-state index contributed by atoms with van der Waals surface area (Å²) >= 11 is 0. The van der Waals surface area contributed by atoms with Crippen LogP contribution in [0.1, 0.15) is 18.7 Å². The summed E-state index contributed by atoms with van der Waals surface area (Å²) in [6.45, 7) is 1.59. The highest BCUT2D eigenvalue weighted by Gasteiger charge is 2.17. The standard InChI is InChI=1S/C14H14N2O5/c1-9(17)12-5-3-11(8-15-12)21-14-6-4-10(20-2)7-13(14)16(18)19/h3-9,17H,1-2H3/t9-/m1/s1. The van der Waals surface area contributed by atoms with Gasteiger partial charge < -0.3 is 14.6 Å². The lowest BCUT2D eigenvalue weighted by Gasteiger charge is -2.08. The van der Waals surface area contributed by atoms with Crippen molar-refractivity contribution in [3.05, 3.63) is 52.3 Å². The van der Waals surface area contributed by atoms with Crippen LogP contribution >= 0.6 is 0 Å². The summed E-state index contributed by atoms with van der Waals surface area (Å²) in [4.78, 5) is 14.5. The Morgan fingerprint density at radius 1 is 1.29 bits per heavy atom. The highest BCUT2D eigenvalue weighted by molar-refractivity contribution is 5.52. The normalized spacial score (nSPS) is 11.8. The van der Waals surface area contributed by atoms with Crippen LogP contribution in [0.5, 0.6) is 17.2 Å². The summed E-state index contributed by atoms with van der Waals surface area (Å²) in [7, 11) is 1.43. The second-order valence-electron chi connectivity index (χ2n) is 4.29. The maximum Gasteiger partial charge on any atom is 0.315 e. The van der Waals surface area contributed by atoms with Gasteiger partial charge in [-0.15, -0.1) is 0 Å². The molecule has 2 rings (SSSR count). The molecule has 0 aliphatic rings. The average Bonchev–Trinajstić information content (AvgIpc) is 2.48. The third kappa shape index (κ3) is 3.46. The summed E-state index contributed by atoms with van der Waals surface area (Å²) in [6.07, 6.45) is 0.713. The molecule has 1 aromatic carbocycles. The number of aliphatic hydroxyl groups is 1. The van der Waals surface area contributed by atoms with Crippen LogP contribution in [0.4, 0.5) is 5.69 Å². The van der Waals surface area contributed by atoms with Gasteiger partial charge in [0.2, 0.25) is 5.75 Å². The molecular formula is C14H14N2O5. The molecule has 2 aromatic rings. The van der Waals surface area contributed by atoms with Crippen LogP contribution in [0.25, 0.3) is 0 Å². The zero-order chi connectivity index (χ0) is 15.4. The van der Waals surface area contributed by atoms with E-state index >= 15 is 0 Å². The molecule has 0 unspecified atom stereocenters. The SMILES string of the molecule is COc1ccc(Oc2ccc([C@@H](C)O)nc2)c([N+](=O)[O-])c1. The number of nitrogens with zero attached hydrogens (tertiary/aromatic N) is 2. The van der Waals surface area contributed by atoms with Crippen molar-refractivity contribution in [3.63, 3.8) is 0 Å². The predicted molar refractivity (Wildman–Crippen MR) is 74.6 cm³/mol. The Balaban J connectivity index is 2.28. The molecule has 7 heteroatoms. The number of nitro benzene ring substituents is 1. The van der Waals surface area contributed by atoms with Crippen LogP contribution < -0.4 is 9.47 Å². The number of rotatable bonds is 5. The molecule has 7 nitrogen and oxygen atoms in total. The van der Waals surface area contributed by atoms with Gasteiger partial charge in [0.05, 0.1) is 36.1 Å². The van der Waals surface area contributed by atoms with E-state index in [2.05, 4.69) is 4.98 Å². The zero-order valence-electron chi connectivity index (χ0n) is 11.5. The fraction of sp³-hybridized carbons (Fsp3) is 0.214. The summed E-state index contributed by atoms with van der Waals surface area (Å²) < 4.78 is 10.4. The second kappa shape index (κ2) is 6.19. The first-order valence-electron chi connectivity index (χ1n) is 6.15. The van der Waals surface area contributed by atoms with Crippen LogP contribution in [-0.2, 0) is 0 Å². The van der Waals surface area contributed by atoms with E-state index in [0.717, 1.165) is 0 Å². The summed E-state index contributed by atoms with van der Waals surface area (Å²) in [5.74, 6) is 0.802. The molecule has 0 fully saturated rings. The van der Waals surface area contributed by atoms with Crippen LogP contribution in [0.15, 0.2) is 36.5 Å². The number of nitro groups is 1. The fourth-order valence-electron chi connectivity index (χ4n) is 1.68. The largest absolute Gasteiger partial charge is 0.496 e. The molecule has 0 saturated heterocycles. The van der Waals surface area contributed by atoms with E-state index in [1.807, 2.05) is 0 Å². The van der Waals surface area contributed by atoms with Gasteiger partial charge in [-0.1, -0.05) is 0 Å². The minimum Gasteiger partial charge on any atom is -0.496 e. The Kier molecular flexibility index (Phi) is 4.34. The molecular weight excluding hydrogens is 276 g/mol. The van der Waals surface area contributed by atoms with Crippen molar-refractivity contribution in [3.8, 4) is 17.2 Å². The molecule has 0 bridgehead atoms. The molecule has 1 N–H and O–H groups in total. The molecule has 0 spiro atoms. The van der Waals surface area contributed by atoms with Crippen LogP contribution in [0, 0.1) is 10.1 Å². The molecule has 1 atom stereocenters. The summed E-state index contributed by atoms with van der Waals surface area (Å²) in [6, 6.07) is 7.49.